The van der Waals surface area contributed by atoms with Gasteiger partial charge < -0.3 is 20.1 Å². The number of carbonyl (C=O) groups excluding carboxylic acids is 1. The Morgan fingerprint density at radius 3 is 2.96 bits per heavy atom. The van der Waals surface area contributed by atoms with Gasteiger partial charge in [0.05, 0.1) is 6.20 Å². The van der Waals surface area contributed by atoms with E-state index in [0.29, 0.717) is 36.8 Å². The third-order valence-corrected chi connectivity index (χ3v) is 4.14. The second-order valence-electron chi connectivity index (χ2n) is 6.56. The second-order valence-corrected chi connectivity index (χ2v) is 6.56. The van der Waals surface area contributed by atoms with E-state index in [-0.39, 0.29) is 11.9 Å². The molecule has 1 aliphatic rings. The number of hydrogen-bond acceptors (Lipinski definition) is 6. The maximum Gasteiger partial charge on any atom is 0.256 e. The van der Waals surface area contributed by atoms with Gasteiger partial charge in [-0.25, -0.2) is 9.50 Å². The lowest BCUT2D eigenvalue weighted by Gasteiger charge is -2.21. The summed E-state index contributed by atoms with van der Waals surface area (Å²) in [6.07, 6.45) is 3.31. The molecule has 0 unspecified atom stereocenters. The highest BCUT2D eigenvalue weighted by molar-refractivity contribution is 5.99. The maximum atomic E-state index is 12.3. The van der Waals surface area contributed by atoms with E-state index in [2.05, 4.69) is 20.7 Å². The van der Waals surface area contributed by atoms with Crippen LogP contribution in [0.4, 0.5) is 5.82 Å². The minimum absolute atomic E-state index is 0.0419. The average Bonchev–Trinajstić information content (AvgIpc) is 3.09. The first kappa shape index (κ1) is 17.1. The van der Waals surface area contributed by atoms with E-state index < -0.39 is 0 Å². The number of benzene rings is 1. The van der Waals surface area contributed by atoms with Gasteiger partial charge in [0.15, 0.2) is 17.1 Å². The molecule has 0 aliphatic carbocycles. The molecule has 0 saturated heterocycles. The molecule has 2 aromatic heterocycles. The Hall–Kier alpha value is -3.29. The van der Waals surface area contributed by atoms with Crippen LogP contribution in [0.3, 0.4) is 0 Å². The number of carbonyl (C=O) groups is 1. The molecule has 0 atom stereocenters. The third-order valence-electron chi connectivity index (χ3n) is 4.14. The summed E-state index contributed by atoms with van der Waals surface area (Å²) in [5.74, 6) is 1.98. The predicted octanol–water partition coefficient (Wildman–Crippen LogP) is 2.25. The Morgan fingerprint density at radius 1 is 1.26 bits per heavy atom. The second kappa shape index (κ2) is 7.14. The molecule has 8 heteroatoms. The lowest BCUT2D eigenvalue weighted by atomic mass is 10.1. The Labute approximate surface area is 156 Å². The molecule has 3 aromatic rings. The van der Waals surface area contributed by atoms with Crippen LogP contribution in [-0.4, -0.2) is 39.8 Å². The summed E-state index contributed by atoms with van der Waals surface area (Å²) in [6.45, 7) is 5.45. The Morgan fingerprint density at radius 2 is 2.11 bits per heavy atom. The summed E-state index contributed by atoms with van der Waals surface area (Å²) in [6, 6.07) is 7.68. The van der Waals surface area contributed by atoms with Crippen LogP contribution in [0.2, 0.25) is 0 Å². The van der Waals surface area contributed by atoms with Crippen LogP contribution in [0.1, 0.15) is 29.8 Å². The van der Waals surface area contributed by atoms with Gasteiger partial charge in [0.2, 0.25) is 0 Å². The van der Waals surface area contributed by atoms with Crippen molar-refractivity contribution in [2.24, 2.45) is 0 Å². The molecule has 1 aliphatic heterocycles. The lowest BCUT2D eigenvalue weighted by molar-refractivity contribution is 0.0944. The smallest absolute Gasteiger partial charge is 0.256 e. The largest absolute Gasteiger partial charge is 0.486 e. The van der Waals surface area contributed by atoms with E-state index in [1.807, 2.05) is 38.1 Å². The number of hydrogen-bond donors (Lipinski definition) is 2. The van der Waals surface area contributed by atoms with E-state index in [1.54, 1.807) is 10.7 Å². The maximum absolute atomic E-state index is 12.3. The molecule has 8 nitrogen and oxygen atoms in total. The van der Waals surface area contributed by atoms with Crippen LogP contribution in [0.5, 0.6) is 11.5 Å². The normalized spacial score (nSPS) is 13.0. The van der Waals surface area contributed by atoms with Crippen LogP contribution in [-0.2, 0) is 6.54 Å². The number of aromatic nitrogens is 3. The third kappa shape index (κ3) is 3.51. The molecule has 0 saturated carbocycles. The summed E-state index contributed by atoms with van der Waals surface area (Å²) >= 11 is 0. The van der Waals surface area contributed by atoms with E-state index in [0.717, 1.165) is 17.1 Å². The highest BCUT2D eigenvalue weighted by atomic mass is 16.6. The molecular weight excluding hydrogens is 346 g/mol. The first-order chi connectivity index (χ1) is 13.1. The van der Waals surface area contributed by atoms with Crippen LogP contribution in [0.25, 0.3) is 5.65 Å². The van der Waals surface area contributed by atoms with Crippen LogP contribution in [0.15, 0.2) is 36.7 Å². The molecule has 0 spiro atoms. The van der Waals surface area contributed by atoms with E-state index in [4.69, 9.17) is 9.47 Å². The lowest BCUT2D eigenvalue weighted by Crippen LogP contribution is -2.30. The first-order valence-electron chi connectivity index (χ1n) is 8.88. The zero-order valence-electron chi connectivity index (χ0n) is 15.2. The van der Waals surface area contributed by atoms with Gasteiger partial charge in [0.25, 0.3) is 5.91 Å². The highest BCUT2D eigenvalue weighted by Gasteiger charge is 2.17. The van der Waals surface area contributed by atoms with Crippen molar-refractivity contribution in [2.75, 3.05) is 18.5 Å². The van der Waals surface area contributed by atoms with E-state index in [1.165, 1.54) is 6.20 Å². The number of nitrogens with one attached hydrogen (secondary N) is 2. The van der Waals surface area contributed by atoms with Gasteiger partial charge in [0.1, 0.15) is 24.6 Å². The first-order valence-corrected chi connectivity index (χ1v) is 8.88. The Kier molecular flexibility index (Phi) is 4.53. The van der Waals surface area contributed by atoms with Crippen LogP contribution in [0, 0.1) is 0 Å². The fourth-order valence-electron chi connectivity index (χ4n) is 2.93. The topological polar surface area (TPSA) is 89.8 Å². The molecule has 2 N–H and O–H groups in total. The van der Waals surface area contributed by atoms with Crippen LogP contribution < -0.4 is 20.1 Å². The Balaban J connectivity index is 1.55. The van der Waals surface area contributed by atoms with Crippen molar-refractivity contribution in [3.8, 4) is 11.5 Å². The van der Waals surface area contributed by atoms with Crippen molar-refractivity contribution in [1.29, 1.82) is 0 Å². The molecule has 0 bridgehead atoms. The zero-order chi connectivity index (χ0) is 18.8. The van der Waals surface area contributed by atoms with E-state index >= 15 is 0 Å². The van der Waals surface area contributed by atoms with Crippen molar-refractivity contribution in [2.45, 2.75) is 26.4 Å². The van der Waals surface area contributed by atoms with Gasteiger partial charge in [-0.15, -0.1) is 0 Å². The quantitative estimate of drug-likeness (QED) is 0.719. The molecular formula is C19H21N5O3. The van der Waals surface area contributed by atoms with Gasteiger partial charge >= 0.3 is 0 Å². The summed E-state index contributed by atoms with van der Waals surface area (Å²) in [4.78, 5) is 16.9. The fourth-order valence-corrected chi connectivity index (χ4v) is 2.93. The summed E-state index contributed by atoms with van der Waals surface area (Å²) in [5.41, 5.74) is 1.94. The number of amides is 1. The van der Waals surface area contributed by atoms with E-state index in [9.17, 15) is 4.79 Å². The van der Waals surface area contributed by atoms with Gasteiger partial charge in [-0.2, -0.15) is 5.10 Å². The van der Waals surface area contributed by atoms with Crippen molar-refractivity contribution in [1.82, 2.24) is 19.9 Å². The molecule has 1 aromatic carbocycles. The number of ether oxygens (including phenoxy) is 2. The van der Waals surface area contributed by atoms with Gasteiger partial charge in [-0.05, 0) is 26.0 Å². The Bertz CT molecular complexity index is 983. The number of fused-ring (bicyclic) bond motifs is 2. The van der Waals surface area contributed by atoms with Crippen molar-refractivity contribution in [3.63, 3.8) is 0 Å². The molecule has 0 fully saturated rings. The van der Waals surface area contributed by atoms with Crippen molar-refractivity contribution in [3.05, 3.63) is 47.8 Å². The SMILES string of the molecule is CC(C)NC(=O)c1cnn2ccc(NCc3cccc4c3OCCO4)nc12. The summed E-state index contributed by atoms with van der Waals surface area (Å²) in [7, 11) is 0. The average molecular weight is 367 g/mol. The molecule has 140 valence electrons. The van der Waals surface area contributed by atoms with Gasteiger partial charge in [0, 0.05) is 24.3 Å². The monoisotopic (exact) mass is 367 g/mol. The summed E-state index contributed by atoms with van der Waals surface area (Å²) < 4.78 is 12.9. The minimum Gasteiger partial charge on any atom is -0.486 e. The zero-order valence-corrected chi connectivity index (χ0v) is 15.2. The standard InChI is InChI=1S/C19H21N5O3/c1-12(2)22-19(25)14-11-21-24-7-6-16(23-18(14)24)20-10-13-4-3-5-15-17(13)27-9-8-26-15/h3-7,11-12H,8-10H2,1-2H3,(H,20,23)(H,22,25). The molecule has 1 amide bonds. The highest BCUT2D eigenvalue weighted by Crippen LogP contribution is 2.33. The molecule has 3 heterocycles. The van der Waals surface area contributed by atoms with Gasteiger partial charge in [-0.1, -0.05) is 12.1 Å². The fraction of sp³-hybridized carbons (Fsp3) is 0.316. The number of para-hydroxylation sites is 1. The molecule has 4 rings (SSSR count). The van der Waals surface area contributed by atoms with Crippen molar-refractivity contribution < 1.29 is 14.3 Å². The molecule has 27 heavy (non-hydrogen) atoms. The molecule has 0 radical (unpaired) electrons. The number of rotatable bonds is 5. The predicted molar refractivity (Wildman–Crippen MR) is 100 cm³/mol. The van der Waals surface area contributed by atoms with Crippen LogP contribution >= 0.6 is 0 Å². The van der Waals surface area contributed by atoms with Crippen molar-refractivity contribution >= 4 is 17.4 Å². The van der Waals surface area contributed by atoms with Gasteiger partial charge in [-0.3, -0.25) is 4.79 Å². The number of anilines is 1. The summed E-state index contributed by atoms with van der Waals surface area (Å²) in [5, 5.41) is 10.3. The number of nitrogens with zero attached hydrogens (tertiary/aromatic N) is 3. The minimum atomic E-state index is -0.188.